The molecule has 0 aliphatic heterocycles. The fraction of sp³-hybridized carbons (Fsp3) is 0.632. The maximum atomic E-state index is 12.8. The van der Waals surface area contributed by atoms with Crippen LogP contribution in [0.15, 0.2) is 23.1 Å². The molecule has 7 heteroatoms. The summed E-state index contributed by atoms with van der Waals surface area (Å²) < 4.78 is 26.8. The second kappa shape index (κ2) is 8.72. The maximum absolute atomic E-state index is 12.8. The molecule has 1 saturated carbocycles. The molecule has 5 nitrogen and oxygen atoms in total. The second-order valence-corrected chi connectivity index (χ2v) is 9.42. The number of hydrogen-bond donors (Lipinski definition) is 1. The summed E-state index contributed by atoms with van der Waals surface area (Å²) in [6, 6.07) is 4.42. The van der Waals surface area contributed by atoms with E-state index in [1.54, 1.807) is 13.8 Å². The molecule has 0 spiro atoms. The lowest BCUT2D eigenvalue weighted by atomic mass is 9.78. The SMILES string of the molecule is CCN(CC)S(=O)(=O)c1ccc(Cl)c(C(=O)NC2CCCC(C)C2C)c1. The first-order valence-corrected chi connectivity index (χ1v) is 11.1. The summed E-state index contributed by atoms with van der Waals surface area (Å²) in [6.45, 7) is 8.68. The van der Waals surface area contributed by atoms with E-state index in [-0.39, 0.29) is 27.4 Å². The number of carbonyl (C=O) groups excluding carboxylic acids is 1. The molecule has 26 heavy (non-hydrogen) atoms. The monoisotopic (exact) mass is 400 g/mol. The van der Waals surface area contributed by atoms with Gasteiger partial charge in [0.15, 0.2) is 0 Å². The molecule has 0 radical (unpaired) electrons. The molecular weight excluding hydrogens is 372 g/mol. The van der Waals surface area contributed by atoms with E-state index in [0.29, 0.717) is 24.9 Å². The molecule has 1 aromatic rings. The lowest BCUT2D eigenvalue weighted by molar-refractivity contribution is 0.0891. The van der Waals surface area contributed by atoms with Crippen LogP contribution in [-0.4, -0.2) is 37.8 Å². The summed E-state index contributed by atoms with van der Waals surface area (Å²) in [6.07, 6.45) is 3.19. The number of benzene rings is 1. The summed E-state index contributed by atoms with van der Waals surface area (Å²) >= 11 is 6.20. The summed E-state index contributed by atoms with van der Waals surface area (Å²) in [5, 5.41) is 3.32. The highest BCUT2D eigenvalue weighted by molar-refractivity contribution is 7.89. The number of hydrogen-bond acceptors (Lipinski definition) is 3. The van der Waals surface area contributed by atoms with Crippen LogP contribution in [0.4, 0.5) is 0 Å². The molecule has 1 aliphatic carbocycles. The highest BCUT2D eigenvalue weighted by atomic mass is 35.5. The summed E-state index contributed by atoms with van der Waals surface area (Å²) in [7, 11) is -3.63. The van der Waals surface area contributed by atoms with Gasteiger partial charge in [0.05, 0.1) is 15.5 Å². The number of halogens is 1. The van der Waals surface area contributed by atoms with Crippen LogP contribution in [0.5, 0.6) is 0 Å². The Morgan fingerprint density at radius 3 is 2.50 bits per heavy atom. The molecule has 1 N–H and O–H groups in total. The van der Waals surface area contributed by atoms with Crippen molar-refractivity contribution < 1.29 is 13.2 Å². The highest BCUT2D eigenvalue weighted by Crippen LogP contribution is 2.30. The van der Waals surface area contributed by atoms with Crippen molar-refractivity contribution in [2.75, 3.05) is 13.1 Å². The van der Waals surface area contributed by atoms with Crippen LogP contribution in [-0.2, 0) is 10.0 Å². The van der Waals surface area contributed by atoms with Crippen molar-refractivity contribution in [3.63, 3.8) is 0 Å². The summed E-state index contributed by atoms with van der Waals surface area (Å²) in [4.78, 5) is 12.9. The van der Waals surface area contributed by atoms with Gasteiger partial charge in [0.25, 0.3) is 5.91 Å². The molecule has 146 valence electrons. The normalized spacial score (nSPS) is 23.8. The Bertz CT molecular complexity index is 747. The molecule has 1 fully saturated rings. The molecule has 1 amide bonds. The Balaban J connectivity index is 2.28. The van der Waals surface area contributed by atoms with E-state index in [1.807, 2.05) is 0 Å². The average molecular weight is 401 g/mol. The van der Waals surface area contributed by atoms with Gasteiger partial charge in [-0.2, -0.15) is 4.31 Å². The van der Waals surface area contributed by atoms with Crippen molar-refractivity contribution in [1.29, 1.82) is 0 Å². The van der Waals surface area contributed by atoms with Crippen LogP contribution in [0, 0.1) is 11.8 Å². The molecule has 0 bridgehead atoms. The standard InChI is InChI=1S/C19H29ClN2O3S/c1-5-22(6-2)26(24,25)15-10-11-17(20)16(12-15)19(23)21-18-9-7-8-13(3)14(18)4/h10-14,18H,5-9H2,1-4H3,(H,21,23). The topological polar surface area (TPSA) is 66.5 Å². The summed E-state index contributed by atoms with van der Waals surface area (Å²) in [5.41, 5.74) is 0.213. The van der Waals surface area contributed by atoms with E-state index in [4.69, 9.17) is 11.6 Å². The third-order valence-electron chi connectivity index (χ3n) is 5.55. The molecule has 3 atom stereocenters. The predicted molar refractivity (Wildman–Crippen MR) is 105 cm³/mol. The minimum Gasteiger partial charge on any atom is -0.349 e. The lowest BCUT2D eigenvalue weighted by Gasteiger charge is -2.34. The van der Waals surface area contributed by atoms with Gasteiger partial charge in [-0.3, -0.25) is 4.79 Å². The minimum absolute atomic E-state index is 0.0883. The molecule has 1 aromatic carbocycles. The van der Waals surface area contributed by atoms with Crippen LogP contribution >= 0.6 is 11.6 Å². The number of nitrogens with one attached hydrogen (secondary N) is 1. The molecule has 3 unspecified atom stereocenters. The third kappa shape index (κ3) is 4.41. The zero-order chi connectivity index (χ0) is 19.5. The van der Waals surface area contributed by atoms with E-state index in [1.165, 1.54) is 28.9 Å². The second-order valence-electron chi connectivity index (χ2n) is 7.08. The first kappa shape index (κ1) is 21.2. The Morgan fingerprint density at radius 2 is 1.88 bits per heavy atom. The molecule has 2 rings (SSSR count). The first-order valence-electron chi connectivity index (χ1n) is 9.32. The van der Waals surface area contributed by atoms with E-state index in [0.717, 1.165) is 12.8 Å². The largest absolute Gasteiger partial charge is 0.349 e. The molecular formula is C19H29ClN2O3S. The van der Waals surface area contributed by atoms with Gasteiger partial charge >= 0.3 is 0 Å². The van der Waals surface area contributed by atoms with E-state index in [9.17, 15) is 13.2 Å². The Hall–Kier alpha value is -1.11. The zero-order valence-electron chi connectivity index (χ0n) is 16.0. The van der Waals surface area contributed by atoms with Gasteiger partial charge in [-0.05, 0) is 36.5 Å². The van der Waals surface area contributed by atoms with Crippen molar-refractivity contribution >= 4 is 27.5 Å². The Kier molecular flexibility index (Phi) is 7.11. The van der Waals surface area contributed by atoms with E-state index in [2.05, 4.69) is 19.2 Å². The van der Waals surface area contributed by atoms with Gasteiger partial charge in [0, 0.05) is 19.1 Å². The van der Waals surface area contributed by atoms with Crippen LogP contribution in [0.2, 0.25) is 5.02 Å². The fourth-order valence-corrected chi connectivity index (χ4v) is 5.27. The number of carbonyl (C=O) groups is 1. The molecule has 0 heterocycles. The van der Waals surface area contributed by atoms with Crippen LogP contribution in [0.3, 0.4) is 0 Å². The smallest absolute Gasteiger partial charge is 0.253 e. The number of amides is 1. The van der Waals surface area contributed by atoms with Crippen LogP contribution in [0.25, 0.3) is 0 Å². The lowest BCUT2D eigenvalue weighted by Crippen LogP contribution is -2.43. The van der Waals surface area contributed by atoms with Crippen molar-refractivity contribution in [3.05, 3.63) is 28.8 Å². The van der Waals surface area contributed by atoms with Crippen molar-refractivity contribution in [2.45, 2.75) is 57.9 Å². The van der Waals surface area contributed by atoms with E-state index >= 15 is 0 Å². The molecule has 1 aliphatic rings. The number of sulfonamides is 1. The van der Waals surface area contributed by atoms with Crippen molar-refractivity contribution in [2.24, 2.45) is 11.8 Å². The highest BCUT2D eigenvalue weighted by Gasteiger charge is 2.29. The number of rotatable bonds is 6. The quantitative estimate of drug-likeness (QED) is 0.786. The first-order chi connectivity index (χ1) is 12.2. The minimum atomic E-state index is -3.63. The number of nitrogens with zero attached hydrogens (tertiary/aromatic N) is 1. The van der Waals surface area contributed by atoms with Crippen LogP contribution < -0.4 is 5.32 Å². The van der Waals surface area contributed by atoms with Crippen molar-refractivity contribution in [1.82, 2.24) is 9.62 Å². The van der Waals surface area contributed by atoms with Crippen molar-refractivity contribution in [3.8, 4) is 0 Å². The zero-order valence-corrected chi connectivity index (χ0v) is 17.5. The van der Waals surface area contributed by atoms with Gasteiger partial charge in [0.2, 0.25) is 10.0 Å². The van der Waals surface area contributed by atoms with Gasteiger partial charge in [-0.25, -0.2) is 8.42 Å². The molecule has 0 saturated heterocycles. The maximum Gasteiger partial charge on any atom is 0.253 e. The Morgan fingerprint density at radius 1 is 1.23 bits per heavy atom. The third-order valence-corrected chi connectivity index (χ3v) is 7.92. The Labute approximate surface area is 162 Å². The predicted octanol–water partition coefficient (Wildman–Crippen LogP) is 3.93. The van der Waals surface area contributed by atoms with E-state index < -0.39 is 10.0 Å². The van der Waals surface area contributed by atoms with Crippen LogP contribution in [0.1, 0.15) is 57.3 Å². The van der Waals surface area contributed by atoms with Gasteiger partial charge in [0.1, 0.15) is 0 Å². The van der Waals surface area contributed by atoms with Gasteiger partial charge in [-0.15, -0.1) is 0 Å². The fourth-order valence-electron chi connectivity index (χ4n) is 3.58. The van der Waals surface area contributed by atoms with Gasteiger partial charge in [-0.1, -0.05) is 52.1 Å². The average Bonchev–Trinajstić information content (AvgIpc) is 2.60. The van der Waals surface area contributed by atoms with Gasteiger partial charge < -0.3 is 5.32 Å². The summed E-state index contributed by atoms with van der Waals surface area (Å²) in [5.74, 6) is 0.630. The molecule has 0 aromatic heterocycles.